The molecule has 0 bridgehead atoms. The molecule has 1 aromatic heterocycles. The molecule has 1 heterocycles. The Kier molecular flexibility index (Phi) is 4.62. The summed E-state index contributed by atoms with van der Waals surface area (Å²) >= 11 is 3.39. The lowest BCUT2D eigenvalue weighted by molar-refractivity contribution is 0.0634. The molecule has 7 heteroatoms. The number of hydrogen-bond donors (Lipinski definition) is 1. The smallest absolute Gasteiger partial charge is 0.414 e. The minimum atomic E-state index is -0.566. The fourth-order valence-electron chi connectivity index (χ4n) is 1.60. The molecule has 0 saturated heterocycles. The molecule has 0 fully saturated rings. The molecule has 0 aliphatic carbocycles. The van der Waals surface area contributed by atoms with Crippen LogP contribution in [0.4, 0.5) is 10.7 Å². The van der Waals surface area contributed by atoms with Gasteiger partial charge in [0.15, 0.2) is 0 Å². The molecule has 0 radical (unpaired) electrons. The van der Waals surface area contributed by atoms with Crippen molar-refractivity contribution in [1.82, 2.24) is 14.8 Å². The van der Waals surface area contributed by atoms with Crippen molar-refractivity contribution in [1.29, 1.82) is 0 Å². The molecule has 1 amide bonds. The number of amides is 1. The first-order valence-corrected chi connectivity index (χ1v) is 7.25. The fourth-order valence-corrected chi connectivity index (χ4v) is 1.86. The predicted molar refractivity (Wildman–Crippen MR) is 83.1 cm³/mol. The van der Waals surface area contributed by atoms with E-state index in [-0.39, 0.29) is 5.95 Å². The first-order chi connectivity index (χ1) is 9.82. The van der Waals surface area contributed by atoms with E-state index < -0.39 is 11.7 Å². The first kappa shape index (κ1) is 15.5. The fraction of sp³-hybridized carbons (Fsp3) is 0.357. The molecule has 6 nitrogen and oxygen atoms in total. The van der Waals surface area contributed by atoms with Crippen molar-refractivity contribution in [2.24, 2.45) is 0 Å². The molecule has 112 valence electrons. The summed E-state index contributed by atoms with van der Waals surface area (Å²) in [6, 6.07) is 7.91. The maximum absolute atomic E-state index is 11.6. The number of anilines is 1. The van der Waals surface area contributed by atoms with Crippen LogP contribution in [0.3, 0.4) is 0 Å². The molecule has 0 aliphatic rings. The van der Waals surface area contributed by atoms with Crippen LogP contribution in [0, 0.1) is 0 Å². The van der Waals surface area contributed by atoms with E-state index in [1.54, 1.807) is 31.8 Å². The lowest BCUT2D eigenvalue weighted by Crippen LogP contribution is -2.27. The van der Waals surface area contributed by atoms with Gasteiger partial charge in [0.1, 0.15) is 11.9 Å². The summed E-state index contributed by atoms with van der Waals surface area (Å²) in [7, 11) is 0. The number of rotatable bonds is 3. The molecule has 0 spiro atoms. The summed E-state index contributed by atoms with van der Waals surface area (Å²) < 4.78 is 7.81. The monoisotopic (exact) mass is 352 g/mol. The number of hydrogen-bond acceptors (Lipinski definition) is 4. The molecule has 1 N–H and O–H groups in total. The third kappa shape index (κ3) is 5.18. The number of nitrogens with zero attached hydrogens (tertiary/aromatic N) is 3. The van der Waals surface area contributed by atoms with Crippen LogP contribution < -0.4 is 5.32 Å². The van der Waals surface area contributed by atoms with Gasteiger partial charge in [-0.3, -0.25) is 5.32 Å². The quantitative estimate of drug-likeness (QED) is 0.918. The van der Waals surface area contributed by atoms with E-state index in [1.165, 1.54) is 0 Å². The highest BCUT2D eigenvalue weighted by molar-refractivity contribution is 9.10. The van der Waals surface area contributed by atoms with Crippen molar-refractivity contribution in [3.05, 3.63) is 40.6 Å². The van der Waals surface area contributed by atoms with Crippen molar-refractivity contribution in [2.75, 3.05) is 5.32 Å². The van der Waals surface area contributed by atoms with E-state index in [0.29, 0.717) is 6.54 Å². The van der Waals surface area contributed by atoms with Crippen LogP contribution in [0.15, 0.2) is 35.1 Å². The maximum atomic E-state index is 11.6. The lowest BCUT2D eigenvalue weighted by Gasteiger charge is -2.18. The number of aromatic nitrogens is 3. The van der Waals surface area contributed by atoms with Crippen LogP contribution in [0.25, 0.3) is 0 Å². The molecule has 0 aliphatic heterocycles. The third-order valence-corrected chi connectivity index (χ3v) is 2.94. The summed E-state index contributed by atoms with van der Waals surface area (Å²) in [5, 5.41) is 6.68. The predicted octanol–water partition coefficient (Wildman–Crippen LogP) is 3.44. The van der Waals surface area contributed by atoms with E-state index in [0.717, 1.165) is 10.0 Å². The van der Waals surface area contributed by atoms with Gasteiger partial charge in [0.2, 0.25) is 0 Å². The van der Waals surface area contributed by atoms with Crippen molar-refractivity contribution in [3.63, 3.8) is 0 Å². The highest BCUT2D eigenvalue weighted by atomic mass is 79.9. The minimum Gasteiger partial charge on any atom is -0.444 e. The Hall–Kier alpha value is -1.89. The second kappa shape index (κ2) is 6.26. The zero-order valence-electron chi connectivity index (χ0n) is 12.1. The number of carbonyl (C=O) groups is 1. The Morgan fingerprint density at radius 1 is 1.33 bits per heavy atom. The Labute approximate surface area is 131 Å². The summed E-state index contributed by atoms with van der Waals surface area (Å²) in [6.07, 6.45) is 0.998. The Bertz CT molecular complexity index is 617. The Morgan fingerprint density at radius 2 is 2.00 bits per heavy atom. The van der Waals surface area contributed by atoms with Gasteiger partial charge in [-0.1, -0.05) is 28.1 Å². The van der Waals surface area contributed by atoms with E-state index in [9.17, 15) is 4.79 Å². The molecular formula is C14H17BrN4O2. The molecule has 0 unspecified atom stereocenters. The second-order valence-corrected chi connectivity index (χ2v) is 6.43. The molecule has 0 saturated carbocycles. The molecule has 2 aromatic rings. The SMILES string of the molecule is CC(C)(C)OC(=O)Nc1ncn(Cc2ccc(Br)cc2)n1. The lowest BCUT2D eigenvalue weighted by atomic mass is 10.2. The minimum absolute atomic E-state index is 0.223. The van der Waals surface area contributed by atoms with E-state index in [2.05, 4.69) is 31.3 Å². The van der Waals surface area contributed by atoms with Gasteiger partial charge in [0.05, 0.1) is 6.54 Å². The number of benzene rings is 1. The molecular weight excluding hydrogens is 336 g/mol. The Balaban J connectivity index is 1.95. The topological polar surface area (TPSA) is 69.0 Å². The van der Waals surface area contributed by atoms with E-state index in [4.69, 9.17) is 4.74 Å². The van der Waals surface area contributed by atoms with Gasteiger partial charge >= 0.3 is 6.09 Å². The number of carbonyl (C=O) groups excluding carboxylic acids is 1. The number of nitrogens with one attached hydrogen (secondary N) is 1. The zero-order valence-corrected chi connectivity index (χ0v) is 13.7. The molecule has 2 rings (SSSR count). The number of ether oxygens (including phenoxy) is 1. The number of halogens is 1. The average molecular weight is 353 g/mol. The third-order valence-electron chi connectivity index (χ3n) is 2.41. The summed E-state index contributed by atoms with van der Waals surface area (Å²) in [4.78, 5) is 15.6. The van der Waals surface area contributed by atoms with Crippen LogP contribution in [0.1, 0.15) is 26.3 Å². The van der Waals surface area contributed by atoms with Gasteiger partial charge in [-0.2, -0.15) is 0 Å². The second-order valence-electron chi connectivity index (χ2n) is 5.52. The van der Waals surface area contributed by atoms with Crippen LogP contribution in [0.2, 0.25) is 0 Å². The van der Waals surface area contributed by atoms with Crippen molar-refractivity contribution >= 4 is 28.0 Å². The summed E-state index contributed by atoms with van der Waals surface area (Å²) in [6.45, 7) is 5.97. The molecule has 0 atom stereocenters. The molecule has 1 aromatic carbocycles. The Morgan fingerprint density at radius 3 is 2.62 bits per heavy atom. The van der Waals surface area contributed by atoms with Crippen molar-refractivity contribution < 1.29 is 9.53 Å². The summed E-state index contributed by atoms with van der Waals surface area (Å²) in [5.74, 6) is 0.223. The zero-order chi connectivity index (χ0) is 15.5. The van der Waals surface area contributed by atoms with Crippen LogP contribution in [-0.4, -0.2) is 26.5 Å². The molecule has 21 heavy (non-hydrogen) atoms. The van der Waals surface area contributed by atoms with Crippen LogP contribution in [0.5, 0.6) is 0 Å². The van der Waals surface area contributed by atoms with Crippen molar-refractivity contribution in [3.8, 4) is 0 Å². The van der Waals surface area contributed by atoms with Gasteiger partial charge in [-0.15, -0.1) is 5.10 Å². The highest BCUT2D eigenvalue weighted by Gasteiger charge is 2.17. The van der Waals surface area contributed by atoms with Crippen LogP contribution >= 0.6 is 15.9 Å². The van der Waals surface area contributed by atoms with E-state index in [1.807, 2.05) is 24.3 Å². The van der Waals surface area contributed by atoms with Gasteiger partial charge in [0, 0.05) is 4.47 Å². The van der Waals surface area contributed by atoms with Gasteiger partial charge in [-0.05, 0) is 38.5 Å². The van der Waals surface area contributed by atoms with E-state index >= 15 is 0 Å². The van der Waals surface area contributed by atoms with Crippen LogP contribution in [-0.2, 0) is 11.3 Å². The van der Waals surface area contributed by atoms with Gasteiger partial charge in [-0.25, -0.2) is 14.5 Å². The first-order valence-electron chi connectivity index (χ1n) is 6.46. The van der Waals surface area contributed by atoms with Gasteiger partial charge < -0.3 is 4.74 Å². The average Bonchev–Trinajstić information content (AvgIpc) is 2.77. The normalized spacial score (nSPS) is 11.2. The van der Waals surface area contributed by atoms with Gasteiger partial charge in [0.25, 0.3) is 5.95 Å². The largest absolute Gasteiger partial charge is 0.444 e. The maximum Gasteiger partial charge on any atom is 0.414 e. The standard InChI is InChI=1S/C14H17BrN4O2/c1-14(2,3)21-13(20)17-12-16-9-19(18-12)8-10-4-6-11(15)7-5-10/h4-7,9H,8H2,1-3H3,(H,17,18,20). The highest BCUT2D eigenvalue weighted by Crippen LogP contribution is 2.12. The van der Waals surface area contributed by atoms with Crippen molar-refractivity contribution in [2.45, 2.75) is 32.9 Å². The summed E-state index contributed by atoms with van der Waals surface area (Å²) in [5.41, 5.74) is 0.538.